The number of carbonyl (C=O) groups is 1. The Morgan fingerprint density at radius 2 is 1.73 bits per heavy atom. The Kier molecular flexibility index (Phi) is 9.25. The number of rotatable bonds is 4. The van der Waals surface area contributed by atoms with Crippen molar-refractivity contribution >= 4 is 23.0 Å². The molecule has 2 aliphatic rings. The van der Waals surface area contributed by atoms with E-state index in [0.29, 0.717) is 5.92 Å². The molecule has 5 heteroatoms. The first-order chi connectivity index (χ1) is 16.0. The number of amidine groups is 1. The molecular formula is C28H40N4O. The maximum Gasteiger partial charge on any atom is 0.227 e. The van der Waals surface area contributed by atoms with Crippen LogP contribution >= 0.6 is 0 Å². The topological polar surface area (TPSA) is 47.9 Å². The Morgan fingerprint density at radius 3 is 2.33 bits per heavy atom. The van der Waals surface area contributed by atoms with E-state index in [1.165, 1.54) is 0 Å². The van der Waals surface area contributed by atoms with Crippen molar-refractivity contribution in [2.45, 2.75) is 26.7 Å². The second-order valence-corrected chi connectivity index (χ2v) is 9.10. The van der Waals surface area contributed by atoms with Crippen LogP contribution in [-0.2, 0) is 4.79 Å². The van der Waals surface area contributed by atoms with Crippen LogP contribution in [0.15, 0.2) is 71.7 Å². The zero-order valence-corrected chi connectivity index (χ0v) is 20.5. The average molecular weight is 449 g/mol. The molecule has 2 aromatic carbocycles. The van der Waals surface area contributed by atoms with Crippen molar-refractivity contribution in [3.8, 4) is 0 Å². The van der Waals surface area contributed by atoms with Crippen molar-refractivity contribution in [3.63, 3.8) is 0 Å². The van der Waals surface area contributed by atoms with E-state index >= 15 is 0 Å². The Hall–Kier alpha value is -2.92. The number of nitrogens with zero attached hydrogens (tertiary/aromatic N) is 3. The minimum atomic E-state index is 0. The SMILES string of the molecule is CN=C(/C=C(/C)c1cccc(NC(=O)C2CC2C)c1)N1CCCN(C)CC1.[HH].c1ccccc1. The van der Waals surface area contributed by atoms with E-state index < -0.39 is 0 Å². The molecule has 2 unspecified atom stereocenters. The highest BCUT2D eigenvalue weighted by Crippen LogP contribution is 2.38. The molecule has 2 fully saturated rings. The maximum absolute atomic E-state index is 12.2. The van der Waals surface area contributed by atoms with Gasteiger partial charge in [-0.25, -0.2) is 0 Å². The van der Waals surface area contributed by atoms with Gasteiger partial charge in [-0.2, -0.15) is 0 Å². The minimum absolute atomic E-state index is 0. The lowest BCUT2D eigenvalue weighted by molar-refractivity contribution is -0.117. The molecule has 33 heavy (non-hydrogen) atoms. The first kappa shape index (κ1) is 24.7. The molecule has 0 bridgehead atoms. The zero-order valence-electron chi connectivity index (χ0n) is 20.5. The van der Waals surface area contributed by atoms with Gasteiger partial charge in [0.1, 0.15) is 5.84 Å². The number of benzene rings is 2. The van der Waals surface area contributed by atoms with Crippen LogP contribution in [0.1, 0.15) is 33.7 Å². The van der Waals surface area contributed by atoms with Crippen molar-refractivity contribution in [2.75, 3.05) is 45.6 Å². The molecule has 1 saturated heterocycles. The number of amides is 1. The summed E-state index contributed by atoms with van der Waals surface area (Å²) in [6.07, 6.45) is 4.32. The van der Waals surface area contributed by atoms with Crippen molar-refractivity contribution < 1.29 is 6.22 Å². The van der Waals surface area contributed by atoms with Crippen molar-refractivity contribution in [1.29, 1.82) is 0 Å². The van der Waals surface area contributed by atoms with Gasteiger partial charge in [0.25, 0.3) is 0 Å². The molecule has 0 radical (unpaired) electrons. The van der Waals surface area contributed by atoms with E-state index in [2.05, 4.69) is 59.2 Å². The molecular weight excluding hydrogens is 408 g/mol. The molecule has 2 aromatic rings. The third kappa shape index (κ3) is 7.86. The number of aliphatic imine (C=N–C) groups is 1. The van der Waals surface area contributed by atoms with Crippen LogP contribution in [0.3, 0.4) is 0 Å². The van der Waals surface area contributed by atoms with Crippen LogP contribution in [0.25, 0.3) is 5.57 Å². The number of hydrogen-bond donors (Lipinski definition) is 1. The molecule has 178 valence electrons. The lowest BCUT2D eigenvalue weighted by Crippen LogP contribution is -2.33. The summed E-state index contributed by atoms with van der Waals surface area (Å²) < 4.78 is 0. The van der Waals surface area contributed by atoms with Gasteiger partial charge in [-0.15, -0.1) is 0 Å². The van der Waals surface area contributed by atoms with E-state index in [1.54, 1.807) is 0 Å². The third-order valence-corrected chi connectivity index (χ3v) is 6.32. The zero-order chi connectivity index (χ0) is 23.6. The van der Waals surface area contributed by atoms with Gasteiger partial charge in [0, 0.05) is 39.7 Å². The monoisotopic (exact) mass is 448 g/mol. The molecule has 0 spiro atoms. The van der Waals surface area contributed by atoms with E-state index in [1.807, 2.05) is 55.6 Å². The highest BCUT2D eigenvalue weighted by molar-refractivity contribution is 5.99. The smallest absolute Gasteiger partial charge is 0.227 e. The second kappa shape index (κ2) is 12.4. The van der Waals surface area contributed by atoms with E-state index in [9.17, 15) is 4.79 Å². The summed E-state index contributed by atoms with van der Waals surface area (Å²) in [6.45, 7) is 8.47. The number of nitrogens with one attached hydrogen (secondary N) is 1. The maximum atomic E-state index is 12.2. The molecule has 5 nitrogen and oxygen atoms in total. The fourth-order valence-corrected chi connectivity index (χ4v) is 4.00. The average Bonchev–Trinajstić information content (AvgIpc) is 3.61. The summed E-state index contributed by atoms with van der Waals surface area (Å²) in [5.74, 6) is 1.88. The van der Waals surface area contributed by atoms with Gasteiger partial charge in [-0.1, -0.05) is 55.5 Å². The lowest BCUT2D eigenvalue weighted by atomic mass is 10.1. The fourth-order valence-electron chi connectivity index (χ4n) is 4.00. The van der Waals surface area contributed by atoms with E-state index in [0.717, 1.165) is 61.7 Å². The summed E-state index contributed by atoms with van der Waals surface area (Å²) in [5, 5.41) is 3.06. The van der Waals surface area contributed by atoms with Crippen LogP contribution in [0.5, 0.6) is 0 Å². The molecule has 1 heterocycles. The standard InChI is InChI=1S/C22H32N4O.C6H6.H2/c1-16(14-21(23-3)26-10-6-9-25(4)11-12-26)18-7-5-8-19(15-18)24-22(27)20-13-17(20)2;1-2-4-6-5-3-1;/h5,7-8,14-15,17,20H,6,9-13H2,1-4H3,(H,24,27);1-6H;1H/b16-14-,23-21?;;. The van der Waals surface area contributed by atoms with Gasteiger partial charge in [-0.3, -0.25) is 9.79 Å². The van der Waals surface area contributed by atoms with Crippen molar-refractivity contribution in [2.24, 2.45) is 16.8 Å². The highest BCUT2D eigenvalue weighted by atomic mass is 16.2. The number of anilines is 1. The largest absolute Gasteiger partial charge is 0.356 e. The highest BCUT2D eigenvalue weighted by Gasteiger charge is 2.39. The molecule has 2 atom stereocenters. The molecule has 4 rings (SSSR count). The van der Waals surface area contributed by atoms with Gasteiger partial charge >= 0.3 is 0 Å². The summed E-state index contributed by atoms with van der Waals surface area (Å²) in [7, 11) is 4.04. The minimum Gasteiger partial charge on any atom is -0.356 e. The molecule has 1 aliphatic heterocycles. The van der Waals surface area contributed by atoms with Crippen LogP contribution in [0, 0.1) is 11.8 Å². The normalized spacial score (nSPS) is 21.5. The van der Waals surface area contributed by atoms with Gasteiger partial charge in [0.05, 0.1) is 0 Å². The Balaban J connectivity index is 0.000000508. The van der Waals surface area contributed by atoms with Crippen molar-refractivity contribution in [1.82, 2.24) is 9.80 Å². The Labute approximate surface area is 200 Å². The van der Waals surface area contributed by atoms with Crippen LogP contribution < -0.4 is 5.32 Å². The quantitative estimate of drug-likeness (QED) is 0.511. The van der Waals surface area contributed by atoms with Crippen LogP contribution in [0.2, 0.25) is 0 Å². The second-order valence-electron chi connectivity index (χ2n) is 9.10. The van der Waals surface area contributed by atoms with Gasteiger partial charge in [0.15, 0.2) is 0 Å². The van der Waals surface area contributed by atoms with Gasteiger partial charge in [-0.05, 0) is 68.6 Å². The molecule has 0 aromatic heterocycles. The number of allylic oxidation sites excluding steroid dienone is 1. The number of hydrogen-bond acceptors (Lipinski definition) is 3. The Morgan fingerprint density at radius 1 is 1.06 bits per heavy atom. The van der Waals surface area contributed by atoms with Gasteiger partial charge in [0.2, 0.25) is 5.91 Å². The first-order valence-electron chi connectivity index (χ1n) is 12.0. The van der Waals surface area contributed by atoms with Gasteiger partial charge < -0.3 is 15.1 Å². The van der Waals surface area contributed by atoms with E-state index in [4.69, 9.17) is 0 Å². The molecule has 1 N–H and O–H groups in total. The Bertz CT molecular complexity index is 933. The van der Waals surface area contributed by atoms with Crippen molar-refractivity contribution in [3.05, 3.63) is 72.3 Å². The fraction of sp³-hybridized carbons (Fsp3) is 0.429. The summed E-state index contributed by atoms with van der Waals surface area (Å²) >= 11 is 0. The molecule has 1 amide bonds. The van der Waals surface area contributed by atoms with E-state index in [-0.39, 0.29) is 13.3 Å². The summed E-state index contributed by atoms with van der Waals surface area (Å²) in [6, 6.07) is 20.1. The number of carbonyl (C=O) groups excluding carboxylic acids is 1. The third-order valence-electron chi connectivity index (χ3n) is 6.32. The van der Waals surface area contributed by atoms with Crippen LogP contribution in [-0.4, -0.2) is 61.8 Å². The molecule has 1 aliphatic carbocycles. The predicted octanol–water partition coefficient (Wildman–Crippen LogP) is 5.28. The predicted molar refractivity (Wildman–Crippen MR) is 142 cm³/mol. The van der Waals surface area contributed by atoms with Crippen LogP contribution in [0.4, 0.5) is 5.69 Å². The first-order valence-corrected chi connectivity index (χ1v) is 12.0. The molecule has 1 saturated carbocycles. The lowest BCUT2D eigenvalue weighted by Gasteiger charge is -2.23. The summed E-state index contributed by atoms with van der Waals surface area (Å²) in [4.78, 5) is 21.5. The summed E-state index contributed by atoms with van der Waals surface area (Å²) in [5.41, 5.74) is 3.14. The number of likely N-dealkylation sites (N-methyl/N-ethyl adjacent to an activating group) is 1.